The Morgan fingerprint density at radius 3 is 2.28 bits per heavy atom. The number of rotatable bonds is 2. The van der Waals surface area contributed by atoms with Gasteiger partial charge in [-0.25, -0.2) is 8.78 Å². The molecule has 1 aliphatic rings. The third kappa shape index (κ3) is 1.81. The smallest absolute Gasteiger partial charge is 0.166 e. The van der Waals surface area contributed by atoms with Gasteiger partial charge in [-0.15, -0.1) is 0 Å². The molecular formula is C15H13F2N. The van der Waals surface area contributed by atoms with Crippen LogP contribution in [0.25, 0.3) is 11.1 Å². The van der Waals surface area contributed by atoms with Gasteiger partial charge in [0.25, 0.3) is 0 Å². The van der Waals surface area contributed by atoms with Gasteiger partial charge in [0.15, 0.2) is 11.6 Å². The van der Waals surface area contributed by atoms with Crippen molar-refractivity contribution in [3.05, 3.63) is 59.7 Å². The van der Waals surface area contributed by atoms with Gasteiger partial charge in [-0.1, -0.05) is 30.3 Å². The van der Waals surface area contributed by atoms with E-state index in [0.717, 1.165) is 12.8 Å². The molecule has 2 aromatic rings. The third-order valence-electron chi connectivity index (χ3n) is 3.48. The fourth-order valence-corrected chi connectivity index (χ4v) is 2.13. The van der Waals surface area contributed by atoms with Gasteiger partial charge in [-0.2, -0.15) is 0 Å². The van der Waals surface area contributed by atoms with E-state index in [2.05, 4.69) is 0 Å². The van der Waals surface area contributed by atoms with Gasteiger partial charge in [0.05, 0.1) is 0 Å². The Labute approximate surface area is 104 Å². The van der Waals surface area contributed by atoms with E-state index in [1.807, 2.05) is 6.07 Å². The van der Waals surface area contributed by atoms with Crippen LogP contribution in [-0.4, -0.2) is 0 Å². The Balaban J connectivity index is 2.17. The highest BCUT2D eigenvalue weighted by Crippen LogP contribution is 2.44. The largest absolute Gasteiger partial charge is 0.321 e. The summed E-state index contributed by atoms with van der Waals surface area (Å²) < 4.78 is 27.5. The molecule has 0 heterocycles. The van der Waals surface area contributed by atoms with E-state index < -0.39 is 17.2 Å². The Bertz CT molecular complexity index is 589. The Kier molecular flexibility index (Phi) is 2.45. The monoisotopic (exact) mass is 245 g/mol. The van der Waals surface area contributed by atoms with Gasteiger partial charge in [0.1, 0.15) is 0 Å². The van der Waals surface area contributed by atoms with Crippen molar-refractivity contribution in [1.29, 1.82) is 0 Å². The van der Waals surface area contributed by atoms with E-state index in [9.17, 15) is 8.78 Å². The van der Waals surface area contributed by atoms with E-state index in [0.29, 0.717) is 11.1 Å². The van der Waals surface area contributed by atoms with Crippen LogP contribution in [0.5, 0.6) is 0 Å². The normalized spacial score (nSPS) is 16.6. The van der Waals surface area contributed by atoms with Crippen molar-refractivity contribution in [1.82, 2.24) is 0 Å². The minimum Gasteiger partial charge on any atom is -0.321 e. The molecule has 0 bridgehead atoms. The standard InChI is InChI=1S/C15H13F2N/c16-13-9-11(15(18)6-7-15)8-12(14(13)17)10-4-2-1-3-5-10/h1-5,8-9H,6-7,18H2. The van der Waals surface area contributed by atoms with Crippen molar-refractivity contribution in [2.24, 2.45) is 5.73 Å². The van der Waals surface area contributed by atoms with Gasteiger partial charge in [-0.05, 0) is 36.1 Å². The predicted molar refractivity (Wildman–Crippen MR) is 66.9 cm³/mol. The molecule has 0 saturated heterocycles. The van der Waals surface area contributed by atoms with Crippen molar-refractivity contribution in [2.75, 3.05) is 0 Å². The van der Waals surface area contributed by atoms with E-state index >= 15 is 0 Å². The first-order valence-electron chi connectivity index (χ1n) is 5.94. The van der Waals surface area contributed by atoms with E-state index in [-0.39, 0.29) is 5.56 Å². The zero-order valence-corrected chi connectivity index (χ0v) is 9.79. The lowest BCUT2D eigenvalue weighted by Crippen LogP contribution is -2.19. The molecule has 92 valence electrons. The lowest BCUT2D eigenvalue weighted by molar-refractivity contribution is 0.507. The fourth-order valence-electron chi connectivity index (χ4n) is 2.13. The van der Waals surface area contributed by atoms with Crippen LogP contribution in [0.2, 0.25) is 0 Å². The average Bonchev–Trinajstić information content (AvgIpc) is 3.13. The topological polar surface area (TPSA) is 26.0 Å². The molecule has 1 nitrogen and oxygen atoms in total. The molecule has 0 aliphatic heterocycles. The summed E-state index contributed by atoms with van der Waals surface area (Å²) in [4.78, 5) is 0. The average molecular weight is 245 g/mol. The minimum atomic E-state index is -0.830. The molecule has 0 amide bonds. The van der Waals surface area contributed by atoms with E-state index in [1.165, 1.54) is 6.07 Å². The second-order valence-corrected chi connectivity index (χ2v) is 4.84. The highest BCUT2D eigenvalue weighted by atomic mass is 19.2. The maximum atomic E-state index is 13.9. The number of benzene rings is 2. The molecule has 1 saturated carbocycles. The first-order chi connectivity index (χ1) is 8.60. The summed E-state index contributed by atoms with van der Waals surface area (Å²) >= 11 is 0. The van der Waals surface area contributed by atoms with Gasteiger partial charge in [-0.3, -0.25) is 0 Å². The first-order valence-corrected chi connectivity index (χ1v) is 5.94. The van der Waals surface area contributed by atoms with E-state index in [1.54, 1.807) is 30.3 Å². The number of hydrogen-bond acceptors (Lipinski definition) is 1. The molecule has 1 aliphatic carbocycles. The molecular weight excluding hydrogens is 232 g/mol. The van der Waals surface area contributed by atoms with Crippen molar-refractivity contribution in [3.63, 3.8) is 0 Å². The van der Waals surface area contributed by atoms with Crippen LogP contribution in [0, 0.1) is 11.6 Å². The van der Waals surface area contributed by atoms with Crippen LogP contribution in [0.15, 0.2) is 42.5 Å². The number of hydrogen-bond donors (Lipinski definition) is 1. The zero-order valence-electron chi connectivity index (χ0n) is 9.79. The molecule has 3 heteroatoms. The quantitative estimate of drug-likeness (QED) is 0.859. The zero-order chi connectivity index (χ0) is 12.8. The van der Waals surface area contributed by atoms with Crippen LogP contribution in [-0.2, 0) is 5.54 Å². The Hall–Kier alpha value is -1.74. The molecule has 0 atom stereocenters. The maximum absolute atomic E-state index is 13.9. The Morgan fingerprint density at radius 1 is 1.00 bits per heavy atom. The minimum absolute atomic E-state index is 0.280. The van der Waals surface area contributed by atoms with Crippen LogP contribution < -0.4 is 5.73 Å². The number of halogens is 2. The lowest BCUT2D eigenvalue weighted by Gasteiger charge is -2.13. The summed E-state index contributed by atoms with van der Waals surface area (Å²) in [5, 5.41) is 0. The van der Waals surface area contributed by atoms with Gasteiger partial charge in [0.2, 0.25) is 0 Å². The molecule has 0 radical (unpaired) electrons. The molecule has 0 spiro atoms. The lowest BCUT2D eigenvalue weighted by atomic mass is 9.97. The molecule has 0 unspecified atom stereocenters. The molecule has 0 aromatic heterocycles. The maximum Gasteiger partial charge on any atom is 0.166 e. The third-order valence-corrected chi connectivity index (χ3v) is 3.48. The molecule has 2 aromatic carbocycles. The Morgan fingerprint density at radius 2 is 1.67 bits per heavy atom. The second-order valence-electron chi connectivity index (χ2n) is 4.84. The van der Waals surface area contributed by atoms with Crippen LogP contribution in [0.4, 0.5) is 8.78 Å². The van der Waals surface area contributed by atoms with Crippen LogP contribution in [0.1, 0.15) is 18.4 Å². The van der Waals surface area contributed by atoms with Crippen molar-refractivity contribution < 1.29 is 8.78 Å². The highest BCUT2D eigenvalue weighted by Gasteiger charge is 2.40. The number of nitrogens with two attached hydrogens (primary N) is 1. The first kappa shape index (κ1) is 11.4. The summed E-state index contributed by atoms with van der Waals surface area (Å²) in [6, 6.07) is 11.8. The van der Waals surface area contributed by atoms with Gasteiger partial charge >= 0.3 is 0 Å². The van der Waals surface area contributed by atoms with Gasteiger partial charge < -0.3 is 5.73 Å². The van der Waals surface area contributed by atoms with Gasteiger partial charge in [0, 0.05) is 11.1 Å². The summed E-state index contributed by atoms with van der Waals surface area (Å²) in [7, 11) is 0. The van der Waals surface area contributed by atoms with Crippen LogP contribution >= 0.6 is 0 Å². The molecule has 1 fully saturated rings. The molecule has 2 N–H and O–H groups in total. The highest BCUT2D eigenvalue weighted by molar-refractivity contribution is 5.65. The molecule has 3 rings (SSSR count). The second kappa shape index (κ2) is 3.89. The summed E-state index contributed by atoms with van der Waals surface area (Å²) in [6.45, 7) is 0. The van der Waals surface area contributed by atoms with E-state index in [4.69, 9.17) is 5.73 Å². The SMILES string of the molecule is NC1(c2cc(F)c(F)c(-c3ccccc3)c2)CC1. The van der Waals surface area contributed by atoms with Crippen LogP contribution in [0.3, 0.4) is 0 Å². The predicted octanol–water partition coefficient (Wildman–Crippen LogP) is 3.58. The summed E-state index contributed by atoms with van der Waals surface area (Å²) in [5.41, 5.74) is 7.21. The summed E-state index contributed by atoms with van der Waals surface area (Å²) in [5.74, 6) is -1.64. The van der Waals surface area contributed by atoms with Crippen molar-refractivity contribution >= 4 is 0 Å². The van der Waals surface area contributed by atoms with Crippen molar-refractivity contribution in [3.8, 4) is 11.1 Å². The van der Waals surface area contributed by atoms with Crippen molar-refractivity contribution in [2.45, 2.75) is 18.4 Å². The fraction of sp³-hybridized carbons (Fsp3) is 0.200. The molecule has 18 heavy (non-hydrogen) atoms. The summed E-state index contributed by atoms with van der Waals surface area (Å²) in [6.07, 6.45) is 1.65.